The van der Waals surface area contributed by atoms with Crippen molar-refractivity contribution in [3.63, 3.8) is 0 Å². The topological polar surface area (TPSA) is 119 Å². The van der Waals surface area contributed by atoms with Crippen LogP contribution in [0.15, 0.2) is 0 Å². The molecule has 1 aliphatic rings. The van der Waals surface area contributed by atoms with Gasteiger partial charge >= 0.3 is 18.0 Å². The Labute approximate surface area is 123 Å². The number of carbonyl (C=O) groups excluding carboxylic acids is 1. The lowest BCUT2D eigenvalue weighted by Gasteiger charge is -2.36. The van der Waals surface area contributed by atoms with E-state index in [0.717, 1.165) is 25.7 Å². The van der Waals surface area contributed by atoms with E-state index >= 15 is 0 Å². The summed E-state index contributed by atoms with van der Waals surface area (Å²) in [6, 6.07) is -2.09. The molecule has 0 spiro atoms. The first-order chi connectivity index (χ1) is 9.77. The summed E-state index contributed by atoms with van der Waals surface area (Å²) in [5.41, 5.74) is -0.108. The lowest BCUT2D eigenvalue weighted by atomic mass is 9.96. The lowest BCUT2D eigenvalue weighted by Crippen LogP contribution is -2.54. The number of carbonyl (C=O) groups is 3. The Morgan fingerprint density at radius 1 is 1.19 bits per heavy atom. The van der Waals surface area contributed by atoms with Crippen LogP contribution in [0.3, 0.4) is 0 Å². The van der Waals surface area contributed by atoms with Crippen LogP contribution in [0, 0.1) is 0 Å². The molecule has 0 saturated heterocycles. The molecule has 0 aromatic heterocycles. The number of likely N-dealkylation sites (N-methyl/N-ethyl adjacent to an activating group) is 1. The molecule has 0 aromatic carbocycles. The number of hydrogen-bond donors (Lipinski definition) is 4. The van der Waals surface area contributed by atoms with Gasteiger partial charge < -0.3 is 25.7 Å². The van der Waals surface area contributed by atoms with Gasteiger partial charge in [0.15, 0.2) is 0 Å². The van der Waals surface area contributed by atoms with Gasteiger partial charge in [0.2, 0.25) is 0 Å². The fraction of sp³-hybridized carbons (Fsp3) is 0.769. The molecule has 1 unspecified atom stereocenters. The van der Waals surface area contributed by atoms with E-state index in [1.807, 2.05) is 14.1 Å². The molecule has 1 fully saturated rings. The molecule has 8 heteroatoms. The van der Waals surface area contributed by atoms with Crippen molar-refractivity contribution in [3.05, 3.63) is 0 Å². The van der Waals surface area contributed by atoms with E-state index in [9.17, 15) is 14.4 Å². The molecule has 0 radical (unpaired) electrons. The quantitative estimate of drug-likeness (QED) is 0.529. The minimum Gasteiger partial charge on any atom is -0.481 e. The zero-order valence-electron chi connectivity index (χ0n) is 12.4. The van der Waals surface area contributed by atoms with E-state index in [-0.39, 0.29) is 5.54 Å². The van der Waals surface area contributed by atoms with Crippen LogP contribution in [0.2, 0.25) is 0 Å². The van der Waals surface area contributed by atoms with Crippen LogP contribution in [0.5, 0.6) is 0 Å². The van der Waals surface area contributed by atoms with Crippen LogP contribution in [-0.4, -0.2) is 65.3 Å². The predicted molar refractivity (Wildman–Crippen MR) is 75.1 cm³/mol. The molecule has 0 aliphatic heterocycles. The van der Waals surface area contributed by atoms with Crippen LogP contribution in [0.4, 0.5) is 4.79 Å². The van der Waals surface area contributed by atoms with Crippen LogP contribution in [-0.2, 0) is 9.59 Å². The Hall–Kier alpha value is -1.83. The Balaban J connectivity index is 2.52. The summed E-state index contributed by atoms with van der Waals surface area (Å²) in [6.45, 7) is 0.408. The molecule has 21 heavy (non-hydrogen) atoms. The Bertz CT molecular complexity index is 405. The van der Waals surface area contributed by atoms with E-state index in [1.54, 1.807) is 0 Å². The zero-order chi connectivity index (χ0) is 16.0. The van der Waals surface area contributed by atoms with Crippen molar-refractivity contribution >= 4 is 18.0 Å². The highest BCUT2D eigenvalue weighted by Crippen LogP contribution is 2.32. The monoisotopic (exact) mass is 301 g/mol. The first-order valence-corrected chi connectivity index (χ1v) is 6.93. The molecule has 120 valence electrons. The minimum absolute atomic E-state index is 0.108. The molecule has 1 saturated carbocycles. The molecule has 8 nitrogen and oxygen atoms in total. The Kier molecular flexibility index (Phi) is 5.95. The summed E-state index contributed by atoms with van der Waals surface area (Å²) in [5, 5.41) is 22.3. The van der Waals surface area contributed by atoms with Gasteiger partial charge in [-0.2, -0.15) is 0 Å². The molecule has 1 rings (SSSR count). The highest BCUT2D eigenvalue weighted by Gasteiger charge is 2.36. The molecule has 1 atom stereocenters. The Morgan fingerprint density at radius 3 is 2.19 bits per heavy atom. The number of hydrogen-bond acceptors (Lipinski definition) is 4. The zero-order valence-corrected chi connectivity index (χ0v) is 12.4. The van der Waals surface area contributed by atoms with Crippen LogP contribution < -0.4 is 10.6 Å². The maximum Gasteiger partial charge on any atom is 0.326 e. The van der Waals surface area contributed by atoms with Crippen molar-refractivity contribution in [1.82, 2.24) is 15.5 Å². The highest BCUT2D eigenvalue weighted by atomic mass is 16.4. The summed E-state index contributed by atoms with van der Waals surface area (Å²) in [7, 11) is 3.91. The van der Waals surface area contributed by atoms with Gasteiger partial charge in [-0.25, -0.2) is 9.59 Å². The molecular formula is C13H23N3O5. The average molecular weight is 301 g/mol. The third kappa shape index (κ3) is 4.89. The molecule has 0 bridgehead atoms. The minimum atomic E-state index is -1.43. The molecule has 0 heterocycles. The number of nitrogens with zero attached hydrogens (tertiary/aromatic N) is 1. The number of amides is 2. The van der Waals surface area contributed by atoms with Crippen molar-refractivity contribution in [2.45, 2.75) is 43.7 Å². The van der Waals surface area contributed by atoms with E-state index in [2.05, 4.69) is 15.5 Å². The predicted octanol–water partition coefficient (Wildman–Crippen LogP) is 0.0879. The molecular weight excluding hydrogens is 278 g/mol. The van der Waals surface area contributed by atoms with Crippen molar-refractivity contribution in [2.24, 2.45) is 0 Å². The number of nitrogens with one attached hydrogen (secondary N) is 2. The second-order valence-electron chi connectivity index (χ2n) is 5.64. The number of urea groups is 1. The molecule has 2 amide bonds. The van der Waals surface area contributed by atoms with Gasteiger partial charge in [-0.15, -0.1) is 0 Å². The van der Waals surface area contributed by atoms with Crippen molar-refractivity contribution < 1.29 is 24.6 Å². The largest absolute Gasteiger partial charge is 0.481 e. The fourth-order valence-corrected chi connectivity index (χ4v) is 2.64. The fourth-order valence-electron chi connectivity index (χ4n) is 2.64. The van der Waals surface area contributed by atoms with Gasteiger partial charge in [0.25, 0.3) is 0 Å². The lowest BCUT2D eigenvalue weighted by molar-refractivity contribution is -0.145. The van der Waals surface area contributed by atoms with Gasteiger partial charge in [-0.3, -0.25) is 4.79 Å². The average Bonchev–Trinajstić information content (AvgIpc) is 2.85. The van der Waals surface area contributed by atoms with Crippen LogP contribution >= 0.6 is 0 Å². The van der Waals surface area contributed by atoms with Crippen molar-refractivity contribution in [1.29, 1.82) is 0 Å². The van der Waals surface area contributed by atoms with E-state index in [4.69, 9.17) is 10.2 Å². The molecule has 0 aromatic rings. The summed E-state index contributed by atoms with van der Waals surface area (Å²) in [5.74, 6) is -2.64. The van der Waals surface area contributed by atoms with Crippen molar-refractivity contribution in [3.8, 4) is 0 Å². The maximum atomic E-state index is 11.8. The van der Waals surface area contributed by atoms with Gasteiger partial charge in [-0.05, 0) is 26.9 Å². The molecule has 1 aliphatic carbocycles. The van der Waals surface area contributed by atoms with Gasteiger partial charge in [0.1, 0.15) is 6.04 Å². The second-order valence-corrected chi connectivity index (χ2v) is 5.64. The summed E-state index contributed by atoms with van der Waals surface area (Å²) in [6.07, 6.45) is 3.48. The van der Waals surface area contributed by atoms with Crippen molar-refractivity contribution in [2.75, 3.05) is 20.6 Å². The maximum absolute atomic E-state index is 11.8. The normalized spacial score (nSPS) is 18.2. The summed E-state index contributed by atoms with van der Waals surface area (Å²) < 4.78 is 0. The number of aliphatic carboxylic acids is 2. The number of carboxylic acid groups (broad SMARTS) is 2. The van der Waals surface area contributed by atoms with E-state index in [0.29, 0.717) is 6.54 Å². The second kappa shape index (κ2) is 7.26. The summed E-state index contributed by atoms with van der Waals surface area (Å²) in [4.78, 5) is 35.3. The SMILES string of the molecule is CN(C)C1(CNC(=O)NC(CC(=O)O)C(=O)O)CCCC1. The number of carboxylic acids is 2. The highest BCUT2D eigenvalue weighted by molar-refractivity contribution is 5.86. The first kappa shape index (κ1) is 17.2. The van der Waals surface area contributed by atoms with Crippen LogP contribution in [0.25, 0.3) is 0 Å². The van der Waals surface area contributed by atoms with Gasteiger partial charge in [0.05, 0.1) is 6.42 Å². The molecule has 4 N–H and O–H groups in total. The van der Waals surface area contributed by atoms with E-state index in [1.165, 1.54) is 0 Å². The van der Waals surface area contributed by atoms with Gasteiger partial charge in [-0.1, -0.05) is 12.8 Å². The number of rotatable bonds is 7. The van der Waals surface area contributed by atoms with Gasteiger partial charge in [0, 0.05) is 12.1 Å². The Morgan fingerprint density at radius 2 is 1.76 bits per heavy atom. The van der Waals surface area contributed by atoms with Crippen LogP contribution in [0.1, 0.15) is 32.1 Å². The standard InChI is InChI=1S/C13H23N3O5/c1-16(2)13(5-3-4-6-13)8-14-12(21)15-9(11(19)20)7-10(17)18/h9H,3-8H2,1-2H3,(H,17,18)(H,19,20)(H2,14,15,21). The smallest absolute Gasteiger partial charge is 0.326 e. The van der Waals surface area contributed by atoms with E-state index < -0.39 is 30.4 Å². The first-order valence-electron chi connectivity index (χ1n) is 6.93. The summed E-state index contributed by atoms with van der Waals surface area (Å²) >= 11 is 0. The third-order valence-electron chi connectivity index (χ3n) is 4.04. The third-order valence-corrected chi connectivity index (χ3v) is 4.04.